The number of rotatable bonds is 4. The van der Waals surface area contributed by atoms with Crippen LogP contribution in [-0.2, 0) is 10.8 Å². The normalized spacial score (nSPS) is 29.1. The molecule has 4 aromatic rings. The summed E-state index contributed by atoms with van der Waals surface area (Å²) in [5.41, 5.74) is 8.55. The van der Waals surface area contributed by atoms with Crippen LogP contribution in [0, 0.1) is 11.8 Å². The molecule has 2 bridgehead atoms. The molecule has 7 rings (SSSR count). The molecule has 0 saturated heterocycles. The molecule has 0 heterocycles. The highest BCUT2D eigenvalue weighted by Gasteiger charge is 2.78. The molecule has 0 spiro atoms. The molecule has 3 aliphatic rings. The van der Waals surface area contributed by atoms with Gasteiger partial charge in [0.1, 0.15) is 0 Å². The summed E-state index contributed by atoms with van der Waals surface area (Å²) in [5, 5.41) is 0. The summed E-state index contributed by atoms with van der Waals surface area (Å²) >= 11 is 0. The van der Waals surface area contributed by atoms with Crippen LogP contribution in [-0.4, -0.2) is 0 Å². The predicted molar refractivity (Wildman–Crippen MR) is 137 cm³/mol. The fourth-order valence-electron chi connectivity index (χ4n) is 7.07. The third-order valence-corrected chi connectivity index (χ3v) is 8.41. The first-order valence-corrected chi connectivity index (χ1v) is 12.0. The zero-order valence-electron chi connectivity index (χ0n) is 18.6. The van der Waals surface area contributed by atoms with Crippen LogP contribution in [0.25, 0.3) is 11.1 Å². The van der Waals surface area contributed by atoms with Crippen LogP contribution in [0.15, 0.2) is 133 Å². The van der Waals surface area contributed by atoms with E-state index in [0.29, 0.717) is 11.8 Å². The molecule has 0 heteroatoms. The van der Waals surface area contributed by atoms with E-state index in [4.69, 9.17) is 0 Å². The third kappa shape index (κ3) is 2.47. The van der Waals surface area contributed by atoms with E-state index in [9.17, 15) is 0 Å². The Hall–Kier alpha value is -3.64. The SMILES string of the molecule is C1=C(c2ccccc2)C2CC3C1(c1ccccc1)C3(c1ccccc1)C=C2c1ccccc1. The molecule has 0 N–H and O–H groups in total. The Labute approximate surface area is 195 Å². The van der Waals surface area contributed by atoms with E-state index in [1.54, 1.807) is 0 Å². The maximum Gasteiger partial charge on any atom is 0.0313 e. The Morgan fingerprint density at radius 2 is 0.818 bits per heavy atom. The molecule has 2 atom stereocenters. The van der Waals surface area contributed by atoms with Crippen molar-refractivity contribution in [2.75, 3.05) is 0 Å². The quantitative estimate of drug-likeness (QED) is 0.316. The summed E-state index contributed by atoms with van der Waals surface area (Å²) in [4.78, 5) is 0. The Morgan fingerprint density at radius 1 is 0.455 bits per heavy atom. The molecule has 0 aromatic heterocycles. The number of hydrogen-bond donors (Lipinski definition) is 0. The van der Waals surface area contributed by atoms with Crippen molar-refractivity contribution in [2.45, 2.75) is 17.3 Å². The lowest BCUT2D eigenvalue weighted by atomic mass is 9.72. The Balaban J connectivity index is 1.56. The molecule has 0 nitrogen and oxygen atoms in total. The van der Waals surface area contributed by atoms with E-state index >= 15 is 0 Å². The second-order valence-electron chi connectivity index (χ2n) is 9.74. The van der Waals surface area contributed by atoms with Gasteiger partial charge in [-0.3, -0.25) is 0 Å². The van der Waals surface area contributed by atoms with Gasteiger partial charge in [-0.2, -0.15) is 0 Å². The van der Waals surface area contributed by atoms with Gasteiger partial charge >= 0.3 is 0 Å². The number of hydrogen-bond acceptors (Lipinski definition) is 0. The second kappa shape index (κ2) is 6.93. The first kappa shape index (κ1) is 18.9. The first-order chi connectivity index (χ1) is 16.3. The minimum atomic E-state index is -0.00613. The van der Waals surface area contributed by atoms with Crippen LogP contribution in [0.1, 0.15) is 28.7 Å². The van der Waals surface area contributed by atoms with Crippen molar-refractivity contribution in [3.63, 3.8) is 0 Å². The monoisotopic (exact) mass is 422 g/mol. The zero-order valence-corrected chi connectivity index (χ0v) is 18.6. The van der Waals surface area contributed by atoms with Crippen LogP contribution >= 0.6 is 0 Å². The van der Waals surface area contributed by atoms with Crippen LogP contribution in [0.5, 0.6) is 0 Å². The van der Waals surface area contributed by atoms with E-state index in [1.165, 1.54) is 39.8 Å². The topological polar surface area (TPSA) is 0 Å². The van der Waals surface area contributed by atoms with E-state index in [0.717, 1.165) is 0 Å². The summed E-state index contributed by atoms with van der Waals surface area (Å²) < 4.78 is 0. The summed E-state index contributed by atoms with van der Waals surface area (Å²) in [6, 6.07) is 44.6. The highest BCUT2D eigenvalue weighted by atomic mass is 14.8. The molecule has 1 saturated carbocycles. The van der Waals surface area contributed by atoms with Gasteiger partial charge in [0.2, 0.25) is 0 Å². The molecule has 2 unspecified atom stereocenters. The van der Waals surface area contributed by atoms with Crippen molar-refractivity contribution in [3.8, 4) is 0 Å². The largest absolute Gasteiger partial charge is 0.0680 e. The molecule has 0 radical (unpaired) electrons. The Morgan fingerprint density at radius 3 is 1.21 bits per heavy atom. The van der Waals surface area contributed by atoms with Crippen molar-refractivity contribution < 1.29 is 0 Å². The van der Waals surface area contributed by atoms with Crippen molar-refractivity contribution in [2.24, 2.45) is 11.8 Å². The van der Waals surface area contributed by atoms with Crippen LogP contribution < -0.4 is 0 Å². The molecule has 1 fully saturated rings. The maximum absolute atomic E-state index is 2.66. The van der Waals surface area contributed by atoms with Crippen LogP contribution in [0.3, 0.4) is 0 Å². The van der Waals surface area contributed by atoms with Gasteiger partial charge in [-0.25, -0.2) is 0 Å². The van der Waals surface area contributed by atoms with E-state index in [1.807, 2.05) is 0 Å². The van der Waals surface area contributed by atoms with Gasteiger partial charge in [0, 0.05) is 16.7 Å². The maximum atomic E-state index is 2.66. The van der Waals surface area contributed by atoms with Gasteiger partial charge < -0.3 is 0 Å². The van der Waals surface area contributed by atoms with Crippen LogP contribution in [0.2, 0.25) is 0 Å². The minimum absolute atomic E-state index is 0.00613. The van der Waals surface area contributed by atoms with Gasteiger partial charge in [-0.05, 0) is 45.7 Å². The van der Waals surface area contributed by atoms with Gasteiger partial charge in [0.25, 0.3) is 0 Å². The van der Waals surface area contributed by atoms with Crippen molar-refractivity contribution in [3.05, 3.63) is 156 Å². The molecule has 0 aliphatic heterocycles. The van der Waals surface area contributed by atoms with Crippen molar-refractivity contribution in [1.82, 2.24) is 0 Å². The fraction of sp³-hybridized carbons (Fsp3) is 0.152. The predicted octanol–water partition coefficient (Wildman–Crippen LogP) is 7.69. The molecule has 33 heavy (non-hydrogen) atoms. The number of benzene rings is 4. The molecular formula is C33H26. The van der Waals surface area contributed by atoms with Crippen molar-refractivity contribution in [1.29, 1.82) is 0 Å². The standard InChI is InChI=1S/C33H26/c1-5-13-24(14-6-1)29-22-32(26-17-9-3-10-18-26)31-21-28(29)30(25-15-7-2-8-16-25)23-33(31,32)27-19-11-4-12-20-27/h1-20,22-23,28,31H,21H2. The Bertz CT molecular complexity index is 1260. The molecule has 158 valence electrons. The summed E-state index contributed by atoms with van der Waals surface area (Å²) in [6.45, 7) is 0. The Kier molecular flexibility index (Phi) is 3.96. The van der Waals surface area contributed by atoms with Gasteiger partial charge in [0.15, 0.2) is 0 Å². The van der Waals surface area contributed by atoms with E-state index < -0.39 is 0 Å². The highest BCUT2D eigenvalue weighted by Crippen LogP contribution is 2.79. The van der Waals surface area contributed by atoms with Crippen molar-refractivity contribution >= 4 is 11.1 Å². The van der Waals surface area contributed by atoms with Gasteiger partial charge in [0.05, 0.1) is 0 Å². The molecule has 4 aromatic carbocycles. The zero-order chi connectivity index (χ0) is 21.9. The smallest absolute Gasteiger partial charge is 0.0313 e. The lowest BCUT2D eigenvalue weighted by Gasteiger charge is -2.31. The van der Waals surface area contributed by atoms with Gasteiger partial charge in [-0.1, -0.05) is 133 Å². The summed E-state index contributed by atoms with van der Waals surface area (Å²) in [5.74, 6) is 1.01. The minimum Gasteiger partial charge on any atom is -0.0680 e. The van der Waals surface area contributed by atoms with E-state index in [2.05, 4.69) is 133 Å². The highest BCUT2D eigenvalue weighted by molar-refractivity contribution is 5.91. The average molecular weight is 423 g/mol. The number of allylic oxidation sites excluding steroid dienone is 4. The lowest BCUT2D eigenvalue weighted by Crippen LogP contribution is -2.19. The lowest BCUT2D eigenvalue weighted by molar-refractivity contribution is 0.560. The summed E-state index contributed by atoms with van der Waals surface area (Å²) in [6.07, 6.45) is 6.51. The molecule has 3 aliphatic carbocycles. The molecular weight excluding hydrogens is 396 g/mol. The third-order valence-electron chi connectivity index (χ3n) is 8.41. The van der Waals surface area contributed by atoms with Crippen LogP contribution in [0.4, 0.5) is 0 Å². The summed E-state index contributed by atoms with van der Waals surface area (Å²) in [7, 11) is 0. The van der Waals surface area contributed by atoms with Gasteiger partial charge in [-0.15, -0.1) is 0 Å². The molecule has 0 amide bonds. The van der Waals surface area contributed by atoms with E-state index in [-0.39, 0.29) is 10.8 Å². The first-order valence-electron chi connectivity index (χ1n) is 12.0. The second-order valence-corrected chi connectivity index (χ2v) is 9.74. The average Bonchev–Trinajstić information content (AvgIpc) is 3.56. The number of fused-ring (bicyclic) bond motifs is 2. The fourth-order valence-corrected chi connectivity index (χ4v) is 7.07.